The Bertz CT molecular complexity index is 714. The highest BCUT2D eigenvalue weighted by molar-refractivity contribution is 7.89. The maximum absolute atomic E-state index is 12.8. The summed E-state index contributed by atoms with van der Waals surface area (Å²) in [5.74, 6) is 0.533. The fourth-order valence-corrected chi connectivity index (χ4v) is 4.20. The molecule has 1 aromatic carbocycles. The standard InChI is InChI=1S/C18H28N2O5S/c1-4-14(2)19-18(21)8-5-15-13-16(6-7-17(15)24-3)26(22,23)20-9-11-25-12-10-20/h6-7,13-14H,4-5,8-12H2,1-3H3,(H,19,21)/t14-/m0/s1. The molecular weight excluding hydrogens is 356 g/mol. The molecule has 0 bridgehead atoms. The monoisotopic (exact) mass is 384 g/mol. The fraction of sp³-hybridized carbons (Fsp3) is 0.611. The summed E-state index contributed by atoms with van der Waals surface area (Å²) in [5.41, 5.74) is 0.709. The lowest BCUT2D eigenvalue weighted by Crippen LogP contribution is -2.40. The van der Waals surface area contributed by atoms with Crippen LogP contribution in [0.4, 0.5) is 0 Å². The van der Waals surface area contributed by atoms with Crippen LogP contribution in [0, 0.1) is 0 Å². The Hall–Kier alpha value is -1.64. The molecule has 0 radical (unpaired) electrons. The van der Waals surface area contributed by atoms with Crippen LogP contribution in [-0.4, -0.2) is 58.1 Å². The topological polar surface area (TPSA) is 84.9 Å². The quantitative estimate of drug-likeness (QED) is 0.735. The number of carbonyl (C=O) groups is 1. The molecule has 1 aliphatic heterocycles. The van der Waals surface area contributed by atoms with Crippen LogP contribution in [-0.2, 0) is 26.0 Å². The minimum Gasteiger partial charge on any atom is -0.496 e. The number of carbonyl (C=O) groups excluding carboxylic acids is 1. The van der Waals surface area contributed by atoms with Crippen molar-refractivity contribution in [2.45, 2.75) is 44.0 Å². The van der Waals surface area contributed by atoms with E-state index in [1.54, 1.807) is 18.2 Å². The average Bonchev–Trinajstić information content (AvgIpc) is 2.66. The van der Waals surface area contributed by atoms with E-state index in [1.165, 1.54) is 11.4 Å². The molecule has 1 heterocycles. The van der Waals surface area contributed by atoms with E-state index in [1.807, 2.05) is 13.8 Å². The van der Waals surface area contributed by atoms with Gasteiger partial charge < -0.3 is 14.8 Å². The van der Waals surface area contributed by atoms with Crippen molar-refractivity contribution < 1.29 is 22.7 Å². The Balaban J connectivity index is 2.16. The lowest BCUT2D eigenvalue weighted by atomic mass is 10.1. The van der Waals surface area contributed by atoms with E-state index in [4.69, 9.17) is 9.47 Å². The van der Waals surface area contributed by atoms with E-state index < -0.39 is 10.0 Å². The predicted molar refractivity (Wildman–Crippen MR) is 98.8 cm³/mol. The van der Waals surface area contributed by atoms with Gasteiger partial charge in [0.2, 0.25) is 15.9 Å². The number of nitrogens with one attached hydrogen (secondary N) is 1. The molecule has 0 spiro atoms. The van der Waals surface area contributed by atoms with Crippen molar-refractivity contribution in [3.05, 3.63) is 23.8 Å². The molecule has 1 saturated heterocycles. The Morgan fingerprint density at radius 3 is 2.65 bits per heavy atom. The smallest absolute Gasteiger partial charge is 0.243 e. The fourth-order valence-electron chi connectivity index (χ4n) is 2.74. The van der Waals surface area contributed by atoms with Gasteiger partial charge in [0.05, 0.1) is 25.2 Å². The van der Waals surface area contributed by atoms with Gasteiger partial charge in [-0.15, -0.1) is 0 Å². The molecule has 1 aliphatic rings. The van der Waals surface area contributed by atoms with Gasteiger partial charge in [-0.25, -0.2) is 8.42 Å². The second kappa shape index (κ2) is 9.34. The number of benzene rings is 1. The Labute approximate surface area is 155 Å². The van der Waals surface area contributed by atoms with Gasteiger partial charge in [0, 0.05) is 25.6 Å². The summed E-state index contributed by atoms with van der Waals surface area (Å²) in [7, 11) is -2.04. The van der Waals surface area contributed by atoms with Crippen LogP contribution in [0.1, 0.15) is 32.3 Å². The molecule has 0 aromatic heterocycles. The van der Waals surface area contributed by atoms with E-state index in [-0.39, 0.29) is 23.3 Å². The molecule has 1 aromatic rings. The summed E-state index contributed by atoms with van der Waals surface area (Å²) in [4.78, 5) is 12.2. The Kier molecular flexibility index (Phi) is 7.43. The van der Waals surface area contributed by atoms with Gasteiger partial charge in [0.25, 0.3) is 0 Å². The first-order valence-corrected chi connectivity index (χ1v) is 10.4. The van der Waals surface area contributed by atoms with Gasteiger partial charge in [0.1, 0.15) is 5.75 Å². The van der Waals surface area contributed by atoms with Gasteiger partial charge in [-0.05, 0) is 43.5 Å². The van der Waals surface area contributed by atoms with Crippen LogP contribution in [0.3, 0.4) is 0 Å². The summed E-state index contributed by atoms with van der Waals surface area (Å²) in [5, 5.41) is 2.91. The second-order valence-corrected chi connectivity index (χ2v) is 8.30. The maximum atomic E-state index is 12.8. The number of aryl methyl sites for hydroxylation is 1. The van der Waals surface area contributed by atoms with Crippen molar-refractivity contribution in [2.75, 3.05) is 33.4 Å². The van der Waals surface area contributed by atoms with Crippen molar-refractivity contribution in [3.63, 3.8) is 0 Å². The maximum Gasteiger partial charge on any atom is 0.243 e. The largest absolute Gasteiger partial charge is 0.496 e. The summed E-state index contributed by atoms with van der Waals surface area (Å²) in [6, 6.07) is 4.93. The van der Waals surface area contributed by atoms with E-state index in [2.05, 4.69) is 5.32 Å². The number of rotatable bonds is 8. The van der Waals surface area contributed by atoms with Gasteiger partial charge in [0.15, 0.2) is 0 Å². The highest BCUT2D eigenvalue weighted by Crippen LogP contribution is 2.26. The first-order valence-electron chi connectivity index (χ1n) is 8.92. The van der Waals surface area contributed by atoms with Crippen molar-refractivity contribution in [1.29, 1.82) is 0 Å². The number of hydrogen-bond acceptors (Lipinski definition) is 5. The van der Waals surface area contributed by atoms with Crippen LogP contribution in [0.5, 0.6) is 5.75 Å². The summed E-state index contributed by atoms with van der Waals surface area (Å²) >= 11 is 0. The minimum absolute atomic E-state index is 0.0529. The number of morpholine rings is 1. The molecule has 1 amide bonds. The molecule has 7 nitrogen and oxygen atoms in total. The number of amides is 1. The summed E-state index contributed by atoms with van der Waals surface area (Å²) < 4.78 is 37.6. The molecule has 0 aliphatic carbocycles. The first-order chi connectivity index (χ1) is 12.4. The molecule has 1 fully saturated rings. The lowest BCUT2D eigenvalue weighted by molar-refractivity contribution is -0.121. The normalized spacial score (nSPS) is 16.9. The van der Waals surface area contributed by atoms with Crippen LogP contribution in [0.2, 0.25) is 0 Å². The zero-order valence-corrected chi connectivity index (χ0v) is 16.5. The van der Waals surface area contributed by atoms with E-state index in [9.17, 15) is 13.2 Å². The molecule has 1 atom stereocenters. The zero-order valence-electron chi connectivity index (χ0n) is 15.7. The molecule has 146 valence electrons. The zero-order chi connectivity index (χ0) is 19.2. The molecule has 2 rings (SSSR count). The molecule has 26 heavy (non-hydrogen) atoms. The number of sulfonamides is 1. The molecular formula is C18H28N2O5S. The lowest BCUT2D eigenvalue weighted by Gasteiger charge is -2.26. The van der Waals surface area contributed by atoms with Crippen molar-refractivity contribution >= 4 is 15.9 Å². The van der Waals surface area contributed by atoms with Gasteiger partial charge in [-0.2, -0.15) is 4.31 Å². The van der Waals surface area contributed by atoms with Gasteiger partial charge >= 0.3 is 0 Å². The molecule has 1 N–H and O–H groups in total. The summed E-state index contributed by atoms with van der Waals surface area (Å²) in [6.07, 6.45) is 1.56. The van der Waals surface area contributed by atoms with Crippen molar-refractivity contribution in [2.24, 2.45) is 0 Å². The third kappa shape index (κ3) is 5.18. The summed E-state index contributed by atoms with van der Waals surface area (Å²) in [6.45, 7) is 5.46. The van der Waals surface area contributed by atoms with Crippen LogP contribution in [0.25, 0.3) is 0 Å². The first kappa shape index (κ1) is 20.7. The van der Waals surface area contributed by atoms with E-state index in [0.29, 0.717) is 44.0 Å². The van der Waals surface area contributed by atoms with Crippen LogP contribution in [0.15, 0.2) is 23.1 Å². The van der Waals surface area contributed by atoms with Crippen molar-refractivity contribution in [1.82, 2.24) is 9.62 Å². The number of hydrogen-bond donors (Lipinski definition) is 1. The average molecular weight is 384 g/mol. The van der Waals surface area contributed by atoms with E-state index >= 15 is 0 Å². The molecule has 0 saturated carbocycles. The molecule has 0 unspecified atom stereocenters. The van der Waals surface area contributed by atoms with Crippen LogP contribution < -0.4 is 10.1 Å². The molecule has 8 heteroatoms. The number of methoxy groups -OCH3 is 1. The highest BCUT2D eigenvalue weighted by atomic mass is 32.2. The van der Waals surface area contributed by atoms with Crippen LogP contribution >= 0.6 is 0 Å². The Morgan fingerprint density at radius 1 is 1.35 bits per heavy atom. The minimum atomic E-state index is -3.57. The number of nitrogens with zero attached hydrogens (tertiary/aromatic N) is 1. The Morgan fingerprint density at radius 2 is 2.04 bits per heavy atom. The SMILES string of the molecule is CC[C@H](C)NC(=O)CCc1cc(S(=O)(=O)N2CCOCC2)ccc1OC. The second-order valence-electron chi connectivity index (χ2n) is 6.37. The van der Waals surface area contributed by atoms with Crippen molar-refractivity contribution in [3.8, 4) is 5.75 Å². The predicted octanol–water partition coefficient (Wildman–Crippen LogP) is 1.56. The number of ether oxygens (including phenoxy) is 2. The third-order valence-electron chi connectivity index (χ3n) is 4.50. The highest BCUT2D eigenvalue weighted by Gasteiger charge is 2.27. The third-order valence-corrected chi connectivity index (χ3v) is 6.40. The van der Waals surface area contributed by atoms with E-state index in [0.717, 1.165) is 6.42 Å². The van der Waals surface area contributed by atoms with Gasteiger partial charge in [-0.1, -0.05) is 6.92 Å². The van der Waals surface area contributed by atoms with Gasteiger partial charge in [-0.3, -0.25) is 4.79 Å².